The van der Waals surface area contributed by atoms with Crippen molar-refractivity contribution in [2.75, 3.05) is 0 Å². The standard InChI is InChI=1S/C51H31N3S2/c1-3-14-32(15-4-1)33-28-30-35(31-29-33)49-52-50(41-20-8-7-18-37(41)39-22-11-23-40-38-19-9-10-25-43(38)56-48(39)40)54-51(53-49)42-24-13-27-45-47(42)46-36(21-12-26-44(46)55-45)34-16-5-2-6-17-34/h1-31H. The average Bonchev–Trinajstić information content (AvgIpc) is 3.86. The van der Waals surface area contributed by atoms with Crippen LogP contribution in [-0.4, -0.2) is 15.0 Å². The lowest BCUT2D eigenvalue weighted by atomic mass is 9.96. The molecule has 3 heterocycles. The molecule has 0 bridgehead atoms. The molecular weight excluding hydrogens is 719 g/mol. The molecule has 0 fully saturated rings. The molecule has 11 rings (SSSR count). The molecule has 0 amide bonds. The maximum Gasteiger partial charge on any atom is 0.164 e. The van der Waals surface area contributed by atoms with Gasteiger partial charge >= 0.3 is 0 Å². The van der Waals surface area contributed by atoms with Crippen LogP contribution in [0.1, 0.15) is 0 Å². The predicted molar refractivity (Wildman–Crippen MR) is 238 cm³/mol. The van der Waals surface area contributed by atoms with Gasteiger partial charge in [0, 0.05) is 62.6 Å². The van der Waals surface area contributed by atoms with Crippen LogP contribution in [0.15, 0.2) is 188 Å². The lowest BCUT2D eigenvalue weighted by Crippen LogP contribution is -2.01. The summed E-state index contributed by atoms with van der Waals surface area (Å²) >= 11 is 3.65. The van der Waals surface area contributed by atoms with Gasteiger partial charge in [-0.05, 0) is 46.0 Å². The van der Waals surface area contributed by atoms with Gasteiger partial charge in [-0.3, -0.25) is 0 Å². The van der Waals surface area contributed by atoms with E-state index in [-0.39, 0.29) is 0 Å². The number of nitrogens with zero attached hydrogens (tertiary/aromatic N) is 3. The van der Waals surface area contributed by atoms with Crippen LogP contribution in [0.5, 0.6) is 0 Å². The first-order valence-corrected chi connectivity index (χ1v) is 20.3. The van der Waals surface area contributed by atoms with Gasteiger partial charge in [-0.25, -0.2) is 15.0 Å². The van der Waals surface area contributed by atoms with E-state index >= 15 is 0 Å². The van der Waals surface area contributed by atoms with Gasteiger partial charge in [-0.1, -0.05) is 170 Å². The Morgan fingerprint density at radius 2 is 0.750 bits per heavy atom. The molecule has 0 N–H and O–H groups in total. The molecular formula is C51H31N3S2. The van der Waals surface area contributed by atoms with Gasteiger partial charge in [0.2, 0.25) is 0 Å². The summed E-state index contributed by atoms with van der Waals surface area (Å²) in [6.07, 6.45) is 0. The van der Waals surface area contributed by atoms with Gasteiger partial charge in [0.15, 0.2) is 17.5 Å². The Hall–Kier alpha value is -6.79. The Morgan fingerprint density at radius 3 is 1.52 bits per heavy atom. The van der Waals surface area contributed by atoms with Gasteiger partial charge in [0.25, 0.3) is 0 Å². The van der Waals surface area contributed by atoms with Crippen molar-refractivity contribution in [3.05, 3.63) is 188 Å². The number of rotatable bonds is 6. The summed E-state index contributed by atoms with van der Waals surface area (Å²) < 4.78 is 4.98. The summed E-state index contributed by atoms with van der Waals surface area (Å²) in [6, 6.07) is 66.6. The Balaban J connectivity index is 1.16. The lowest BCUT2D eigenvalue weighted by molar-refractivity contribution is 1.08. The number of aromatic nitrogens is 3. The molecule has 0 atom stereocenters. The van der Waals surface area contributed by atoms with Crippen molar-refractivity contribution in [2.24, 2.45) is 0 Å². The highest BCUT2D eigenvalue weighted by molar-refractivity contribution is 7.26. The summed E-state index contributed by atoms with van der Waals surface area (Å²) in [5, 5.41) is 4.93. The van der Waals surface area contributed by atoms with E-state index in [9.17, 15) is 0 Å². The van der Waals surface area contributed by atoms with Crippen LogP contribution in [0.2, 0.25) is 0 Å². The molecule has 0 saturated heterocycles. The van der Waals surface area contributed by atoms with Crippen LogP contribution in [0.25, 0.3) is 108 Å². The van der Waals surface area contributed by atoms with E-state index in [1.807, 2.05) is 28.7 Å². The second-order valence-electron chi connectivity index (χ2n) is 13.9. The molecule has 0 aliphatic heterocycles. The Bertz CT molecular complexity index is 3240. The molecule has 0 saturated carbocycles. The molecule has 3 aromatic heterocycles. The van der Waals surface area contributed by atoms with E-state index in [4.69, 9.17) is 15.0 Å². The second kappa shape index (κ2) is 13.5. The van der Waals surface area contributed by atoms with Crippen molar-refractivity contribution in [3.8, 4) is 67.5 Å². The number of fused-ring (bicyclic) bond motifs is 6. The van der Waals surface area contributed by atoms with Crippen LogP contribution in [-0.2, 0) is 0 Å². The predicted octanol–water partition coefficient (Wildman–Crippen LogP) is 14.6. The topological polar surface area (TPSA) is 38.7 Å². The van der Waals surface area contributed by atoms with Crippen molar-refractivity contribution in [3.63, 3.8) is 0 Å². The minimum atomic E-state index is 0.638. The summed E-state index contributed by atoms with van der Waals surface area (Å²) in [7, 11) is 0. The van der Waals surface area contributed by atoms with Crippen LogP contribution >= 0.6 is 22.7 Å². The highest BCUT2D eigenvalue weighted by Crippen LogP contribution is 2.45. The SMILES string of the molecule is c1ccc(-c2ccc(-c3nc(-c4ccccc4-c4cccc5c4sc4ccccc45)nc(-c4cccc5sc6cccc(-c7ccccc7)c6c45)n3)cc2)cc1. The normalized spacial score (nSPS) is 11.6. The van der Waals surface area contributed by atoms with Crippen molar-refractivity contribution < 1.29 is 0 Å². The maximum absolute atomic E-state index is 5.40. The van der Waals surface area contributed by atoms with Gasteiger partial charge in [0.1, 0.15) is 0 Å². The summed E-state index contributed by atoms with van der Waals surface area (Å²) in [5.74, 6) is 1.94. The smallest absolute Gasteiger partial charge is 0.164 e. The Labute approximate surface area is 331 Å². The third kappa shape index (κ3) is 5.51. The molecule has 0 spiro atoms. The summed E-state index contributed by atoms with van der Waals surface area (Å²) in [6.45, 7) is 0. The number of hydrogen-bond acceptors (Lipinski definition) is 5. The third-order valence-electron chi connectivity index (χ3n) is 10.6. The molecule has 0 unspecified atom stereocenters. The fourth-order valence-electron chi connectivity index (χ4n) is 7.97. The van der Waals surface area contributed by atoms with E-state index in [0.29, 0.717) is 17.5 Å². The highest BCUT2D eigenvalue weighted by atomic mass is 32.1. The van der Waals surface area contributed by atoms with E-state index in [2.05, 4.69) is 182 Å². The molecule has 262 valence electrons. The fourth-order valence-corrected chi connectivity index (χ4v) is 10.4. The number of benzene rings is 8. The molecule has 5 heteroatoms. The molecule has 11 aromatic rings. The van der Waals surface area contributed by atoms with Crippen LogP contribution in [0.3, 0.4) is 0 Å². The van der Waals surface area contributed by atoms with Gasteiger partial charge in [-0.2, -0.15) is 0 Å². The first kappa shape index (κ1) is 32.6. The minimum Gasteiger partial charge on any atom is -0.208 e. The molecule has 0 radical (unpaired) electrons. The van der Waals surface area contributed by atoms with Gasteiger partial charge in [-0.15, -0.1) is 22.7 Å². The van der Waals surface area contributed by atoms with E-state index in [0.717, 1.165) is 33.2 Å². The van der Waals surface area contributed by atoms with Crippen molar-refractivity contribution in [1.82, 2.24) is 15.0 Å². The average molecular weight is 750 g/mol. The van der Waals surface area contributed by atoms with E-state index in [1.165, 1.54) is 57.2 Å². The molecule has 8 aromatic carbocycles. The van der Waals surface area contributed by atoms with Gasteiger partial charge < -0.3 is 0 Å². The van der Waals surface area contributed by atoms with Crippen LogP contribution in [0.4, 0.5) is 0 Å². The van der Waals surface area contributed by atoms with Crippen LogP contribution in [0, 0.1) is 0 Å². The fraction of sp³-hybridized carbons (Fsp3) is 0. The van der Waals surface area contributed by atoms with Gasteiger partial charge in [0.05, 0.1) is 0 Å². The first-order valence-electron chi connectivity index (χ1n) is 18.7. The summed E-state index contributed by atoms with van der Waals surface area (Å²) in [5.41, 5.74) is 9.88. The molecule has 3 nitrogen and oxygen atoms in total. The zero-order valence-electron chi connectivity index (χ0n) is 30.1. The molecule has 56 heavy (non-hydrogen) atoms. The minimum absolute atomic E-state index is 0.638. The summed E-state index contributed by atoms with van der Waals surface area (Å²) in [4.78, 5) is 16.0. The second-order valence-corrected chi connectivity index (χ2v) is 16.0. The maximum atomic E-state index is 5.40. The monoisotopic (exact) mass is 749 g/mol. The quantitative estimate of drug-likeness (QED) is 0.170. The number of hydrogen-bond donors (Lipinski definition) is 0. The Morgan fingerprint density at radius 1 is 0.268 bits per heavy atom. The number of thiophene rings is 2. The Kier molecular flexibility index (Phi) is 7.87. The van der Waals surface area contributed by atoms with Crippen LogP contribution < -0.4 is 0 Å². The zero-order chi connectivity index (χ0) is 37.0. The van der Waals surface area contributed by atoms with Crippen molar-refractivity contribution >= 4 is 63.0 Å². The lowest BCUT2D eigenvalue weighted by Gasteiger charge is -2.13. The first-order chi connectivity index (χ1) is 27.8. The third-order valence-corrected chi connectivity index (χ3v) is 12.9. The van der Waals surface area contributed by atoms with E-state index < -0.39 is 0 Å². The molecule has 0 aliphatic carbocycles. The van der Waals surface area contributed by atoms with Crippen molar-refractivity contribution in [1.29, 1.82) is 0 Å². The zero-order valence-corrected chi connectivity index (χ0v) is 31.7. The van der Waals surface area contributed by atoms with E-state index in [1.54, 1.807) is 0 Å². The molecule has 0 aliphatic rings. The highest BCUT2D eigenvalue weighted by Gasteiger charge is 2.21. The largest absolute Gasteiger partial charge is 0.208 e. The van der Waals surface area contributed by atoms with Crippen molar-refractivity contribution in [2.45, 2.75) is 0 Å².